The molecule has 2 heterocycles. The highest BCUT2D eigenvalue weighted by Crippen LogP contribution is 2.20. The molecule has 0 bridgehead atoms. The fraction of sp³-hybridized carbons (Fsp3) is 0.474. The molecule has 1 aromatic carbocycles. The van der Waals surface area contributed by atoms with Gasteiger partial charge in [0.05, 0.1) is 5.69 Å². The van der Waals surface area contributed by atoms with Crippen molar-refractivity contribution in [3.63, 3.8) is 0 Å². The van der Waals surface area contributed by atoms with Gasteiger partial charge in [-0.3, -0.25) is 4.90 Å². The van der Waals surface area contributed by atoms with Crippen LogP contribution in [0, 0.1) is 13.8 Å². The van der Waals surface area contributed by atoms with E-state index in [1.54, 1.807) is 0 Å². The van der Waals surface area contributed by atoms with Crippen LogP contribution in [-0.4, -0.2) is 40.0 Å². The molecule has 1 aromatic heterocycles. The smallest absolute Gasteiger partial charge is 0.319 e. The largest absolute Gasteiger partial charge is 0.346 e. The number of carbonyl (C=O) groups excluding carboxylic acids is 1. The van der Waals surface area contributed by atoms with Crippen LogP contribution in [0.15, 0.2) is 30.3 Å². The van der Waals surface area contributed by atoms with Gasteiger partial charge in [-0.25, -0.2) is 9.78 Å². The number of aromatic amines is 1. The number of aromatic nitrogens is 2. The number of rotatable bonds is 5. The van der Waals surface area contributed by atoms with Gasteiger partial charge in [0.2, 0.25) is 0 Å². The summed E-state index contributed by atoms with van der Waals surface area (Å²) < 4.78 is 0. The second-order valence-corrected chi connectivity index (χ2v) is 6.72. The third-order valence-corrected chi connectivity index (χ3v) is 4.74. The Bertz CT molecular complexity index is 697. The number of hydrogen-bond donors (Lipinski definition) is 3. The van der Waals surface area contributed by atoms with Gasteiger partial charge in [0.15, 0.2) is 0 Å². The summed E-state index contributed by atoms with van der Waals surface area (Å²) in [5.74, 6) is 0.960. The van der Waals surface area contributed by atoms with E-state index >= 15 is 0 Å². The Labute approximate surface area is 149 Å². The van der Waals surface area contributed by atoms with Crippen molar-refractivity contribution < 1.29 is 4.79 Å². The maximum Gasteiger partial charge on any atom is 0.319 e. The van der Waals surface area contributed by atoms with Gasteiger partial charge >= 0.3 is 6.03 Å². The van der Waals surface area contributed by atoms with Crippen molar-refractivity contribution in [2.75, 3.05) is 18.4 Å². The van der Waals surface area contributed by atoms with Crippen LogP contribution >= 0.6 is 0 Å². The zero-order chi connectivity index (χ0) is 17.6. The maximum absolute atomic E-state index is 12.1. The van der Waals surface area contributed by atoms with Gasteiger partial charge in [0.1, 0.15) is 5.82 Å². The molecule has 1 aliphatic heterocycles. The van der Waals surface area contributed by atoms with Gasteiger partial charge in [-0.1, -0.05) is 24.6 Å². The number of nitrogens with one attached hydrogen (secondary N) is 3. The zero-order valence-corrected chi connectivity index (χ0v) is 15.0. The molecule has 25 heavy (non-hydrogen) atoms. The number of amides is 2. The van der Waals surface area contributed by atoms with Crippen LogP contribution in [0.25, 0.3) is 0 Å². The van der Waals surface area contributed by atoms with E-state index in [1.165, 1.54) is 12.8 Å². The molecule has 1 fully saturated rings. The lowest BCUT2D eigenvalue weighted by molar-refractivity contribution is 0.137. The number of benzene rings is 1. The SMILES string of the molecule is Cc1nc(CN2CCCCC2CNC(=O)Nc2ccccc2)c(C)[nH]1. The van der Waals surface area contributed by atoms with Crippen molar-refractivity contribution in [3.05, 3.63) is 47.5 Å². The number of hydrogen-bond acceptors (Lipinski definition) is 3. The van der Waals surface area contributed by atoms with E-state index in [9.17, 15) is 4.79 Å². The molecule has 134 valence electrons. The first-order chi connectivity index (χ1) is 12.1. The van der Waals surface area contributed by atoms with Gasteiger partial charge in [-0.05, 0) is 45.4 Å². The third-order valence-electron chi connectivity index (χ3n) is 4.74. The summed E-state index contributed by atoms with van der Waals surface area (Å²) >= 11 is 0. The lowest BCUT2D eigenvalue weighted by atomic mass is 10.0. The van der Waals surface area contributed by atoms with Gasteiger partial charge < -0.3 is 15.6 Å². The molecule has 6 heteroatoms. The highest BCUT2D eigenvalue weighted by molar-refractivity contribution is 5.89. The lowest BCUT2D eigenvalue weighted by Gasteiger charge is -2.35. The highest BCUT2D eigenvalue weighted by atomic mass is 16.2. The number of aryl methyl sites for hydroxylation is 2. The Balaban J connectivity index is 1.54. The monoisotopic (exact) mass is 341 g/mol. The van der Waals surface area contributed by atoms with E-state index in [1.807, 2.05) is 37.3 Å². The van der Waals surface area contributed by atoms with Crippen LogP contribution in [0.3, 0.4) is 0 Å². The number of likely N-dealkylation sites (tertiary alicyclic amines) is 1. The number of H-pyrrole nitrogens is 1. The van der Waals surface area contributed by atoms with Crippen LogP contribution in [-0.2, 0) is 6.54 Å². The summed E-state index contributed by atoms with van der Waals surface area (Å²) in [5, 5.41) is 5.89. The minimum absolute atomic E-state index is 0.150. The molecule has 1 aliphatic rings. The number of para-hydroxylation sites is 1. The minimum Gasteiger partial charge on any atom is -0.346 e. The first-order valence-electron chi connectivity index (χ1n) is 8.98. The molecule has 1 atom stereocenters. The average molecular weight is 341 g/mol. The van der Waals surface area contributed by atoms with Crippen LogP contribution < -0.4 is 10.6 Å². The number of carbonyl (C=O) groups is 1. The van der Waals surface area contributed by atoms with E-state index in [0.29, 0.717) is 12.6 Å². The number of anilines is 1. The Kier molecular flexibility index (Phi) is 5.71. The lowest BCUT2D eigenvalue weighted by Crippen LogP contribution is -2.47. The molecule has 3 N–H and O–H groups in total. The fourth-order valence-corrected chi connectivity index (χ4v) is 3.41. The normalized spacial score (nSPS) is 18.1. The second kappa shape index (κ2) is 8.16. The van der Waals surface area contributed by atoms with E-state index in [4.69, 9.17) is 0 Å². The Hall–Kier alpha value is -2.34. The number of imidazole rings is 1. The third kappa shape index (κ3) is 4.82. The Morgan fingerprint density at radius 3 is 2.80 bits per heavy atom. The summed E-state index contributed by atoms with van der Waals surface area (Å²) in [6, 6.07) is 9.72. The summed E-state index contributed by atoms with van der Waals surface area (Å²) in [7, 11) is 0. The molecule has 0 spiro atoms. The first-order valence-corrected chi connectivity index (χ1v) is 8.98. The summed E-state index contributed by atoms with van der Waals surface area (Å²) in [5.41, 5.74) is 3.05. The van der Waals surface area contributed by atoms with Gasteiger partial charge in [-0.2, -0.15) is 0 Å². The molecular formula is C19H27N5O. The van der Waals surface area contributed by atoms with Crippen molar-refractivity contribution in [1.82, 2.24) is 20.2 Å². The van der Waals surface area contributed by atoms with Gasteiger partial charge in [0, 0.05) is 30.5 Å². The summed E-state index contributed by atoms with van der Waals surface area (Å²) in [4.78, 5) is 22.4. The van der Waals surface area contributed by atoms with Crippen LogP contribution in [0.5, 0.6) is 0 Å². The molecule has 3 rings (SSSR count). The number of urea groups is 1. The molecular weight excluding hydrogens is 314 g/mol. The second-order valence-electron chi connectivity index (χ2n) is 6.72. The molecule has 0 aliphatic carbocycles. The summed E-state index contributed by atoms with van der Waals surface area (Å²) in [6.07, 6.45) is 3.52. The van der Waals surface area contributed by atoms with Crippen molar-refractivity contribution >= 4 is 11.7 Å². The quantitative estimate of drug-likeness (QED) is 0.782. The zero-order valence-electron chi connectivity index (χ0n) is 15.0. The molecule has 1 unspecified atom stereocenters. The minimum atomic E-state index is -0.150. The predicted octanol–water partition coefficient (Wildman–Crippen LogP) is 3.20. The van der Waals surface area contributed by atoms with E-state index in [2.05, 4.69) is 32.4 Å². The molecule has 1 saturated heterocycles. The first kappa shape index (κ1) is 17.5. The van der Waals surface area contributed by atoms with Crippen LogP contribution in [0.4, 0.5) is 10.5 Å². The fourth-order valence-electron chi connectivity index (χ4n) is 3.41. The predicted molar refractivity (Wildman–Crippen MR) is 99.6 cm³/mol. The van der Waals surface area contributed by atoms with Crippen LogP contribution in [0.2, 0.25) is 0 Å². The molecule has 6 nitrogen and oxygen atoms in total. The molecule has 0 saturated carbocycles. The highest BCUT2D eigenvalue weighted by Gasteiger charge is 2.24. The molecule has 2 amide bonds. The van der Waals surface area contributed by atoms with Gasteiger partial charge in [0.25, 0.3) is 0 Å². The number of nitrogens with zero attached hydrogens (tertiary/aromatic N) is 2. The molecule has 0 radical (unpaired) electrons. The van der Waals surface area contributed by atoms with Crippen molar-refractivity contribution in [3.8, 4) is 0 Å². The Morgan fingerprint density at radius 2 is 2.08 bits per heavy atom. The molecule has 2 aromatic rings. The standard InChI is InChI=1S/C19H27N5O/c1-14-18(22-15(2)21-14)13-24-11-7-6-10-17(24)12-20-19(25)23-16-8-4-3-5-9-16/h3-5,8-9,17H,6-7,10-13H2,1-2H3,(H,21,22)(H2,20,23,25). The number of piperidine rings is 1. The van der Waals surface area contributed by atoms with E-state index in [0.717, 1.165) is 42.4 Å². The van der Waals surface area contributed by atoms with Crippen molar-refractivity contribution in [2.45, 2.75) is 45.7 Å². The van der Waals surface area contributed by atoms with Gasteiger partial charge in [-0.15, -0.1) is 0 Å². The maximum atomic E-state index is 12.1. The van der Waals surface area contributed by atoms with Crippen molar-refractivity contribution in [1.29, 1.82) is 0 Å². The van der Waals surface area contributed by atoms with E-state index < -0.39 is 0 Å². The van der Waals surface area contributed by atoms with Crippen LogP contribution in [0.1, 0.15) is 36.5 Å². The summed E-state index contributed by atoms with van der Waals surface area (Å²) in [6.45, 7) is 6.60. The van der Waals surface area contributed by atoms with E-state index in [-0.39, 0.29) is 6.03 Å². The average Bonchev–Trinajstić information content (AvgIpc) is 2.92. The van der Waals surface area contributed by atoms with Crippen molar-refractivity contribution in [2.24, 2.45) is 0 Å². The Morgan fingerprint density at radius 1 is 1.28 bits per heavy atom. The topological polar surface area (TPSA) is 73.1 Å².